The Morgan fingerprint density at radius 3 is 2.28 bits per heavy atom. The number of hydrogen-bond acceptors (Lipinski definition) is 3. The number of nitrogens with two attached hydrogens (primary N) is 1. The van der Waals surface area contributed by atoms with Gasteiger partial charge in [-0.15, -0.1) is 0 Å². The Morgan fingerprint density at radius 1 is 1.28 bits per heavy atom. The number of nitrogen functional groups attached to an aromatic ring is 1. The maximum absolute atomic E-state index is 12.2. The molecule has 1 aromatic carbocycles. The summed E-state index contributed by atoms with van der Waals surface area (Å²) in [6.07, 6.45) is 0. The van der Waals surface area contributed by atoms with Crippen LogP contribution in [0, 0.1) is 12.3 Å². The highest BCUT2D eigenvalue weighted by Crippen LogP contribution is 2.23. The lowest BCUT2D eigenvalue weighted by Gasteiger charge is -2.28. The van der Waals surface area contributed by atoms with E-state index in [9.17, 15) is 8.42 Å². The second kappa shape index (κ2) is 4.90. The van der Waals surface area contributed by atoms with E-state index in [0.29, 0.717) is 0 Å². The summed E-state index contributed by atoms with van der Waals surface area (Å²) in [7, 11) is -3.57. The van der Waals surface area contributed by atoms with Crippen LogP contribution in [0.25, 0.3) is 0 Å². The van der Waals surface area contributed by atoms with E-state index in [1.807, 2.05) is 34.6 Å². The van der Waals surface area contributed by atoms with E-state index in [4.69, 9.17) is 5.73 Å². The van der Waals surface area contributed by atoms with Crippen molar-refractivity contribution in [2.45, 2.75) is 45.6 Å². The van der Waals surface area contributed by atoms with Gasteiger partial charge in [0.05, 0.1) is 5.69 Å². The van der Waals surface area contributed by atoms with Gasteiger partial charge in [-0.1, -0.05) is 26.8 Å². The van der Waals surface area contributed by atoms with Gasteiger partial charge in [0.2, 0.25) is 10.0 Å². The van der Waals surface area contributed by atoms with Crippen LogP contribution in [0.3, 0.4) is 0 Å². The summed E-state index contributed by atoms with van der Waals surface area (Å²) in [6.45, 7) is 9.68. The maximum atomic E-state index is 12.2. The highest BCUT2D eigenvalue weighted by molar-refractivity contribution is 7.89. The minimum atomic E-state index is -3.57. The summed E-state index contributed by atoms with van der Waals surface area (Å²) < 4.78 is 27.1. The number of nitrogens with one attached hydrogen (secondary N) is 1. The third kappa shape index (κ3) is 3.46. The van der Waals surface area contributed by atoms with Gasteiger partial charge < -0.3 is 5.73 Å². The van der Waals surface area contributed by atoms with E-state index in [1.165, 1.54) is 0 Å². The molecule has 0 saturated heterocycles. The van der Waals surface area contributed by atoms with Crippen LogP contribution in [0.15, 0.2) is 23.1 Å². The van der Waals surface area contributed by atoms with Crippen molar-refractivity contribution >= 4 is 15.7 Å². The quantitative estimate of drug-likeness (QED) is 0.828. The van der Waals surface area contributed by atoms with Gasteiger partial charge in [-0.3, -0.25) is 0 Å². The van der Waals surface area contributed by atoms with Crippen LogP contribution < -0.4 is 10.5 Å². The summed E-state index contributed by atoms with van der Waals surface area (Å²) in [5.41, 5.74) is 6.85. The molecule has 1 atom stereocenters. The number of benzene rings is 1. The normalized spacial score (nSPS) is 14.5. The standard InChI is InChI=1S/C13H22N2O2S/c1-9-6-7-12(11(14)8-9)18(16,17)15-10(2)13(3,4)5/h6-8,10,15H,14H2,1-5H3. The molecule has 102 valence electrons. The van der Waals surface area contributed by atoms with Crippen molar-refractivity contribution < 1.29 is 8.42 Å². The van der Waals surface area contributed by atoms with E-state index < -0.39 is 10.0 Å². The Morgan fingerprint density at radius 2 is 1.83 bits per heavy atom. The van der Waals surface area contributed by atoms with Gasteiger partial charge >= 0.3 is 0 Å². The molecule has 0 aromatic heterocycles. The molecule has 1 aromatic rings. The van der Waals surface area contributed by atoms with Crippen molar-refractivity contribution in [1.29, 1.82) is 0 Å². The van der Waals surface area contributed by atoms with E-state index >= 15 is 0 Å². The number of aryl methyl sites for hydroxylation is 1. The van der Waals surface area contributed by atoms with Gasteiger partial charge in [0.1, 0.15) is 4.90 Å². The van der Waals surface area contributed by atoms with Crippen molar-refractivity contribution in [3.8, 4) is 0 Å². The van der Waals surface area contributed by atoms with Crippen LogP contribution in [0.4, 0.5) is 5.69 Å². The zero-order valence-electron chi connectivity index (χ0n) is 11.6. The summed E-state index contributed by atoms with van der Waals surface area (Å²) in [6, 6.07) is 4.77. The van der Waals surface area contributed by atoms with Gasteiger partial charge in [0, 0.05) is 6.04 Å². The smallest absolute Gasteiger partial charge is 0.242 e. The molecule has 18 heavy (non-hydrogen) atoms. The fourth-order valence-electron chi connectivity index (χ4n) is 1.39. The van der Waals surface area contributed by atoms with E-state index in [1.54, 1.807) is 18.2 Å². The van der Waals surface area contributed by atoms with Crippen molar-refractivity contribution in [2.75, 3.05) is 5.73 Å². The summed E-state index contributed by atoms with van der Waals surface area (Å²) in [4.78, 5) is 0.143. The van der Waals surface area contributed by atoms with Gasteiger partial charge in [0.15, 0.2) is 0 Å². The van der Waals surface area contributed by atoms with Gasteiger partial charge in [-0.05, 0) is 37.0 Å². The Kier molecular flexibility index (Phi) is 4.08. The topological polar surface area (TPSA) is 72.2 Å². The largest absolute Gasteiger partial charge is 0.398 e. The van der Waals surface area contributed by atoms with Gasteiger partial charge in [-0.25, -0.2) is 13.1 Å². The Hall–Kier alpha value is -1.07. The summed E-state index contributed by atoms with van der Waals surface area (Å²) >= 11 is 0. The third-order valence-electron chi connectivity index (χ3n) is 3.09. The van der Waals surface area contributed by atoms with Crippen LogP contribution >= 0.6 is 0 Å². The first kappa shape index (κ1) is 15.0. The second-order valence-electron chi connectivity index (χ2n) is 5.75. The van der Waals surface area contributed by atoms with Crippen LogP contribution in [-0.2, 0) is 10.0 Å². The van der Waals surface area contributed by atoms with E-state index in [2.05, 4.69) is 4.72 Å². The predicted molar refractivity (Wildman–Crippen MR) is 74.8 cm³/mol. The molecular formula is C13H22N2O2S. The lowest BCUT2D eigenvalue weighted by Crippen LogP contribution is -2.41. The second-order valence-corrected chi connectivity index (χ2v) is 7.43. The minimum absolute atomic E-state index is 0.143. The average molecular weight is 270 g/mol. The van der Waals surface area contributed by atoms with Crippen LogP contribution in [0.2, 0.25) is 0 Å². The fourth-order valence-corrected chi connectivity index (χ4v) is 2.95. The van der Waals surface area contributed by atoms with Crippen molar-refractivity contribution in [3.63, 3.8) is 0 Å². The maximum Gasteiger partial charge on any atom is 0.242 e. The molecule has 0 spiro atoms. The first-order valence-electron chi connectivity index (χ1n) is 5.92. The minimum Gasteiger partial charge on any atom is -0.398 e. The van der Waals surface area contributed by atoms with Crippen molar-refractivity contribution in [1.82, 2.24) is 4.72 Å². The molecular weight excluding hydrogens is 248 g/mol. The molecule has 0 fully saturated rings. The number of rotatable bonds is 3. The lowest BCUT2D eigenvalue weighted by atomic mass is 9.89. The van der Waals surface area contributed by atoms with Gasteiger partial charge in [0.25, 0.3) is 0 Å². The van der Waals surface area contributed by atoms with Gasteiger partial charge in [-0.2, -0.15) is 0 Å². The number of anilines is 1. The molecule has 0 amide bonds. The molecule has 0 aliphatic heterocycles. The molecule has 1 rings (SSSR count). The molecule has 0 aliphatic rings. The molecule has 0 saturated carbocycles. The Balaban J connectivity index is 3.08. The Bertz CT molecular complexity index is 530. The molecule has 4 nitrogen and oxygen atoms in total. The predicted octanol–water partition coefficient (Wildman–Crippen LogP) is 2.29. The molecule has 3 N–H and O–H groups in total. The number of hydrogen-bond donors (Lipinski definition) is 2. The number of sulfonamides is 1. The molecule has 0 heterocycles. The Labute approximate surface area is 110 Å². The molecule has 0 radical (unpaired) electrons. The third-order valence-corrected chi connectivity index (χ3v) is 4.70. The molecule has 0 aliphatic carbocycles. The first-order valence-corrected chi connectivity index (χ1v) is 7.41. The zero-order valence-corrected chi connectivity index (χ0v) is 12.4. The first-order chi connectivity index (χ1) is 8.04. The monoisotopic (exact) mass is 270 g/mol. The summed E-state index contributed by atoms with van der Waals surface area (Å²) in [5.74, 6) is 0. The lowest BCUT2D eigenvalue weighted by molar-refractivity contribution is 0.317. The molecule has 5 heteroatoms. The molecule has 1 unspecified atom stereocenters. The highest BCUT2D eigenvalue weighted by atomic mass is 32.2. The fraction of sp³-hybridized carbons (Fsp3) is 0.538. The average Bonchev–Trinajstić information content (AvgIpc) is 2.14. The van der Waals surface area contributed by atoms with Crippen molar-refractivity contribution in [3.05, 3.63) is 23.8 Å². The van der Waals surface area contributed by atoms with E-state index in [0.717, 1.165) is 5.56 Å². The van der Waals surface area contributed by atoms with Crippen molar-refractivity contribution in [2.24, 2.45) is 5.41 Å². The summed E-state index contributed by atoms with van der Waals surface area (Å²) in [5, 5.41) is 0. The zero-order chi connectivity index (χ0) is 14.1. The highest BCUT2D eigenvalue weighted by Gasteiger charge is 2.26. The van der Waals surface area contributed by atoms with E-state index in [-0.39, 0.29) is 22.0 Å². The van der Waals surface area contributed by atoms with Crippen LogP contribution in [0.5, 0.6) is 0 Å². The van der Waals surface area contributed by atoms with Crippen LogP contribution in [-0.4, -0.2) is 14.5 Å². The molecule has 0 bridgehead atoms. The SMILES string of the molecule is Cc1ccc(S(=O)(=O)NC(C)C(C)(C)C)c(N)c1. The van der Waals surface area contributed by atoms with Crippen LogP contribution in [0.1, 0.15) is 33.3 Å².